The zero-order valence-electron chi connectivity index (χ0n) is 19.3. The van der Waals surface area contributed by atoms with Crippen LogP contribution in [-0.2, 0) is 25.7 Å². The van der Waals surface area contributed by atoms with E-state index in [2.05, 4.69) is 5.32 Å². The highest BCUT2D eigenvalue weighted by atomic mass is 35.5. The van der Waals surface area contributed by atoms with E-state index in [1.54, 1.807) is 32.0 Å². The summed E-state index contributed by atoms with van der Waals surface area (Å²) in [6.45, 7) is 3.35. The van der Waals surface area contributed by atoms with Gasteiger partial charge in [-0.15, -0.1) is 0 Å². The van der Waals surface area contributed by atoms with E-state index in [1.807, 2.05) is 0 Å². The Morgan fingerprint density at radius 1 is 1.18 bits per heavy atom. The molecule has 0 radical (unpaired) electrons. The summed E-state index contributed by atoms with van der Waals surface area (Å²) in [7, 11) is 0. The van der Waals surface area contributed by atoms with Gasteiger partial charge in [0, 0.05) is 19.6 Å². The van der Waals surface area contributed by atoms with Gasteiger partial charge < -0.3 is 15.0 Å². The number of carbonyl (C=O) groups is 4. The molecule has 8 nitrogen and oxygen atoms in total. The number of piperidine rings is 1. The Morgan fingerprint density at radius 3 is 2.50 bits per heavy atom. The number of carbonyl (C=O) groups excluding carboxylic acids is 4. The number of ketones is 1. The molecule has 2 unspecified atom stereocenters. The molecule has 1 aromatic carbocycles. The maximum atomic E-state index is 13.1. The van der Waals surface area contributed by atoms with Gasteiger partial charge in [-0.25, -0.2) is 9.18 Å². The normalized spacial score (nSPS) is 16.5. The Kier molecular flexibility index (Phi) is 11.0. The molecule has 188 valence electrons. The van der Waals surface area contributed by atoms with E-state index in [-0.39, 0.29) is 18.9 Å². The number of halogens is 3. The minimum atomic E-state index is -1.31. The molecule has 0 saturated carbocycles. The number of ether oxygens (including phenoxy) is 1. The quantitative estimate of drug-likeness (QED) is 0.509. The summed E-state index contributed by atoms with van der Waals surface area (Å²) in [5.74, 6) is -1.87. The molecule has 0 spiro atoms. The van der Waals surface area contributed by atoms with Crippen LogP contribution in [-0.4, -0.2) is 71.9 Å². The number of benzene rings is 1. The number of alkyl halides is 1. The molecule has 1 fully saturated rings. The third-order valence-electron chi connectivity index (χ3n) is 5.72. The van der Waals surface area contributed by atoms with Gasteiger partial charge in [0.25, 0.3) is 0 Å². The highest BCUT2D eigenvalue weighted by molar-refractivity contribution is 6.42. The molecule has 1 saturated heterocycles. The van der Waals surface area contributed by atoms with E-state index in [0.29, 0.717) is 54.5 Å². The van der Waals surface area contributed by atoms with E-state index in [4.69, 9.17) is 27.9 Å². The van der Waals surface area contributed by atoms with Crippen molar-refractivity contribution >= 4 is 46.9 Å². The number of rotatable bonds is 10. The predicted molar refractivity (Wildman–Crippen MR) is 126 cm³/mol. The van der Waals surface area contributed by atoms with Crippen LogP contribution < -0.4 is 5.32 Å². The van der Waals surface area contributed by atoms with Gasteiger partial charge in [0.2, 0.25) is 11.8 Å². The molecule has 2 atom stereocenters. The SMILES string of the molecule is CCN(CC)C(=O)CC(NC(=O)C1CCCCN1C(=O)OCc1ccc(Cl)c(Cl)c1)C(=O)CF. The van der Waals surface area contributed by atoms with Crippen molar-refractivity contribution in [3.8, 4) is 0 Å². The number of nitrogens with zero attached hydrogens (tertiary/aromatic N) is 2. The zero-order valence-corrected chi connectivity index (χ0v) is 20.8. The van der Waals surface area contributed by atoms with Gasteiger partial charge in [0.05, 0.1) is 22.5 Å². The van der Waals surface area contributed by atoms with Crippen molar-refractivity contribution in [3.05, 3.63) is 33.8 Å². The standard InChI is InChI=1S/C23H30Cl2FN3O5/c1-3-28(4-2)21(31)12-18(20(30)13-26)27-22(32)19-7-5-6-10-29(19)23(33)34-14-15-8-9-16(24)17(25)11-15/h8-9,11,18-19H,3-7,10,12-14H2,1-2H3,(H,27,32). The van der Waals surface area contributed by atoms with Crippen LogP contribution >= 0.6 is 23.2 Å². The average Bonchev–Trinajstić information content (AvgIpc) is 2.84. The fraction of sp³-hybridized carbons (Fsp3) is 0.565. The fourth-order valence-electron chi connectivity index (χ4n) is 3.77. The third-order valence-corrected chi connectivity index (χ3v) is 6.46. The molecule has 1 heterocycles. The molecule has 34 heavy (non-hydrogen) atoms. The van der Waals surface area contributed by atoms with E-state index >= 15 is 0 Å². The summed E-state index contributed by atoms with van der Waals surface area (Å²) in [5.41, 5.74) is 0.629. The highest BCUT2D eigenvalue weighted by Gasteiger charge is 2.35. The minimum Gasteiger partial charge on any atom is -0.445 e. The van der Waals surface area contributed by atoms with E-state index in [0.717, 1.165) is 0 Å². The predicted octanol–water partition coefficient (Wildman–Crippen LogP) is 3.77. The van der Waals surface area contributed by atoms with Crippen LogP contribution in [0.5, 0.6) is 0 Å². The highest BCUT2D eigenvalue weighted by Crippen LogP contribution is 2.24. The molecule has 3 amide bonds. The van der Waals surface area contributed by atoms with Gasteiger partial charge in [-0.2, -0.15) is 0 Å². The summed E-state index contributed by atoms with van der Waals surface area (Å²) >= 11 is 11.9. The van der Waals surface area contributed by atoms with Crippen LogP contribution in [0, 0.1) is 0 Å². The largest absolute Gasteiger partial charge is 0.445 e. The molecule has 0 aromatic heterocycles. The number of amides is 3. The number of Topliss-reactive ketones (excluding diaryl/α,β-unsaturated/α-hetero) is 1. The first-order valence-corrected chi connectivity index (χ1v) is 12.0. The molecular weight excluding hydrogens is 488 g/mol. The van der Waals surface area contributed by atoms with E-state index < -0.39 is 36.5 Å². The molecule has 1 aromatic rings. The molecule has 0 bridgehead atoms. The first-order chi connectivity index (χ1) is 16.2. The Bertz CT molecular complexity index is 897. The van der Waals surface area contributed by atoms with Gasteiger partial charge >= 0.3 is 6.09 Å². The molecule has 1 aliphatic rings. The molecule has 0 aliphatic carbocycles. The number of likely N-dealkylation sites (tertiary alicyclic amines) is 1. The monoisotopic (exact) mass is 517 g/mol. The Morgan fingerprint density at radius 2 is 1.88 bits per heavy atom. The van der Waals surface area contributed by atoms with Crippen molar-refractivity contribution in [2.75, 3.05) is 26.3 Å². The number of hydrogen-bond acceptors (Lipinski definition) is 5. The van der Waals surface area contributed by atoms with Crippen LogP contribution in [0.3, 0.4) is 0 Å². The van der Waals surface area contributed by atoms with Crippen molar-refractivity contribution in [2.45, 2.75) is 58.2 Å². The van der Waals surface area contributed by atoms with Crippen LogP contribution in [0.2, 0.25) is 10.0 Å². The number of hydrogen-bond donors (Lipinski definition) is 1. The summed E-state index contributed by atoms with van der Waals surface area (Å²) < 4.78 is 18.5. The Hall–Kier alpha value is -2.39. The van der Waals surface area contributed by atoms with Gasteiger partial charge in [0.1, 0.15) is 19.3 Å². The van der Waals surface area contributed by atoms with Crippen LogP contribution in [0.15, 0.2) is 18.2 Å². The topological polar surface area (TPSA) is 96.0 Å². The van der Waals surface area contributed by atoms with Gasteiger partial charge in [-0.1, -0.05) is 29.3 Å². The van der Waals surface area contributed by atoms with E-state index in [1.165, 1.54) is 9.80 Å². The van der Waals surface area contributed by atoms with Gasteiger partial charge in [-0.3, -0.25) is 19.3 Å². The molecule has 11 heteroatoms. The lowest BCUT2D eigenvalue weighted by molar-refractivity contribution is -0.136. The number of nitrogens with one attached hydrogen (secondary N) is 1. The summed E-state index contributed by atoms with van der Waals surface area (Å²) in [6.07, 6.45) is 0.686. The Labute approximate surface area is 208 Å². The van der Waals surface area contributed by atoms with Crippen molar-refractivity contribution < 1.29 is 28.3 Å². The fourth-order valence-corrected chi connectivity index (χ4v) is 4.09. The summed E-state index contributed by atoms with van der Waals surface area (Å²) in [4.78, 5) is 53.1. The Balaban J connectivity index is 2.06. The first kappa shape index (κ1) is 27.9. The van der Waals surface area contributed by atoms with E-state index in [9.17, 15) is 23.6 Å². The van der Waals surface area contributed by atoms with Crippen LogP contribution in [0.4, 0.5) is 9.18 Å². The lowest BCUT2D eigenvalue weighted by Gasteiger charge is -2.34. The molecular formula is C23H30Cl2FN3O5. The van der Waals surface area contributed by atoms with Crippen molar-refractivity contribution in [2.24, 2.45) is 0 Å². The first-order valence-electron chi connectivity index (χ1n) is 11.3. The molecule has 1 N–H and O–H groups in total. The van der Waals surface area contributed by atoms with Crippen LogP contribution in [0.25, 0.3) is 0 Å². The molecule has 1 aliphatic heterocycles. The lowest BCUT2D eigenvalue weighted by Crippen LogP contribution is -2.56. The smallest absolute Gasteiger partial charge is 0.410 e. The average molecular weight is 518 g/mol. The maximum Gasteiger partial charge on any atom is 0.410 e. The second kappa shape index (κ2) is 13.5. The van der Waals surface area contributed by atoms with Gasteiger partial charge in [-0.05, 0) is 50.8 Å². The summed E-state index contributed by atoms with van der Waals surface area (Å²) in [6, 6.07) is 2.64. The van der Waals surface area contributed by atoms with Crippen LogP contribution in [0.1, 0.15) is 45.1 Å². The maximum absolute atomic E-state index is 13.1. The second-order valence-electron chi connectivity index (χ2n) is 7.94. The minimum absolute atomic E-state index is 0.0676. The van der Waals surface area contributed by atoms with Crippen molar-refractivity contribution in [3.63, 3.8) is 0 Å². The van der Waals surface area contributed by atoms with Crippen molar-refractivity contribution in [1.29, 1.82) is 0 Å². The lowest BCUT2D eigenvalue weighted by atomic mass is 10.0. The zero-order chi connectivity index (χ0) is 25.3. The second-order valence-corrected chi connectivity index (χ2v) is 8.75. The summed E-state index contributed by atoms with van der Waals surface area (Å²) in [5, 5.41) is 3.19. The van der Waals surface area contributed by atoms with Crippen molar-refractivity contribution in [1.82, 2.24) is 15.1 Å². The van der Waals surface area contributed by atoms with Gasteiger partial charge in [0.15, 0.2) is 5.78 Å². The molecule has 2 rings (SSSR count). The third kappa shape index (κ3) is 7.56.